The number of aromatic amines is 2. The monoisotopic (exact) mass is 438 g/mol. The molecular weight excluding hydrogens is 411 g/mol. The van der Waals surface area contributed by atoms with Crippen LogP contribution in [0.1, 0.15) is 43.9 Å². The van der Waals surface area contributed by atoms with Crippen molar-refractivity contribution in [3.05, 3.63) is 51.7 Å². The fraction of sp³-hybridized carbons (Fsp3) is 0.522. The molecule has 4 heterocycles. The Balaban J connectivity index is 1.30. The molecule has 2 aliphatic heterocycles. The molecule has 168 valence electrons. The van der Waals surface area contributed by atoms with Gasteiger partial charge in [0, 0.05) is 30.0 Å². The van der Waals surface area contributed by atoms with E-state index in [1.54, 1.807) is 12.1 Å². The molecule has 0 amide bonds. The van der Waals surface area contributed by atoms with E-state index in [1.807, 2.05) is 6.92 Å². The molecule has 2 aromatic heterocycles. The molecule has 1 aliphatic carbocycles. The number of ether oxygens (including phenoxy) is 1. The standard InChI is InChI=1S/C23H27FN6O2/c1-13-17(25)22(12-32-13)8-10-30(11-9-22)21-26-19-16(20(31)27-21)18(28-29-19)23(6-7-23)14-2-4-15(24)5-3-14/h2-5,13,17H,6-12,25H2,1H3,(H2,26,27,28,29,31)/t13-,17+/m0/s1. The zero-order valence-corrected chi connectivity index (χ0v) is 18.0. The summed E-state index contributed by atoms with van der Waals surface area (Å²) in [6.45, 7) is 4.26. The predicted octanol–water partition coefficient (Wildman–Crippen LogP) is 2.20. The average molecular weight is 439 g/mol. The van der Waals surface area contributed by atoms with Crippen LogP contribution in [0.25, 0.3) is 11.0 Å². The quantitative estimate of drug-likeness (QED) is 0.578. The summed E-state index contributed by atoms with van der Waals surface area (Å²) >= 11 is 0. The van der Waals surface area contributed by atoms with E-state index in [4.69, 9.17) is 15.5 Å². The fourth-order valence-electron chi connectivity index (χ4n) is 5.62. The SMILES string of the molecule is C[C@@H]1OCC2(CCN(c3nc4[nH]nc(C5(c6ccc(F)cc6)CC5)c4c(=O)[nH]3)CC2)[C@@H]1N. The van der Waals surface area contributed by atoms with Gasteiger partial charge >= 0.3 is 0 Å². The van der Waals surface area contributed by atoms with E-state index in [1.165, 1.54) is 12.1 Å². The van der Waals surface area contributed by atoms with Crippen molar-refractivity contribution >= 4 is 17.0 Å². The summed E-state index contributed by atoms with van der Waals surface area (Å²) in [5.41, 5.74) is 8.04. The first-order valence-corrected chi connectivity index (χ1v) is 11.3. The van der Waals surface area contributed by atoms with Crippen LogP contribution in [-0.2, 0) is 10.2 Å². The third-order valence-electron chi connectivity index (χ3n) is 7.92. The van der Waals surface area contributed by atoms with Crippen molar-refractivity contribution in [2.45, 2.75) is 50.2 Å². The van der Waals surface area contributed by atoms with Crippen molar-refractivity contribution in [1.29, 1.82) is 0 Å². The molecule has 1 spiro atoms. The second kappa shape index (κ2) is 6.86. The maximum Gasteiger partial charge on any atom is 0.263 e. The van der Waals surface area contributed by atoms with Crippen molar-refractivity contribution in [1.82, 2.24) is 20.2 Å². The van der Waals surface area contributed by atoms with E-state index in [9.17, 15) is 9.18 Å². The molecular formula is C23H27FN6O2. The van der Waals surface area contributed by atoms with Crippen molar-refractivity contribution < 1.29 is 9.13 Å². The molecule has 3 aliphatic rings. The first-order valence-electron chi connectivity index (χ1n) is 11.3. The van der Waals surface area contributed by atoms with E-state index in [2.05, 4.69) is 20.1 Å². The van der Waals surface area contributed by atoms with Crippen LogP contribution in [0.3, 0.4) is 0 Å². The molecule has 1 saturated carbocycles. The van der Waals surface area contributed by atoms with Crippen LogP contribution in [0.2, 0.25) is 0 Å². The highest BCUT2D eigenvalue weighted by Crippen LogP contribution is 2.54. The van der Waals surface area contributed by atoms with Gasteiger partial charge in [0.15, 0.2) is 5.65 Å². The maximum atomic E-state index is 13.4. The van der Waals surface area contributed by atoms with Crippen LogP contribution in [0, 0.1) is 11.2 Å². The van der Waals surface area contributed by atoms with E-state index in [0.717, 1.165) is 44.3 Å². The number of nitrogens with two attached hydrogens (primary N) is 1. The van der Waals surface area contributed by atoms with Gasteiger partial charge < -0.3 is 15.4 Å². The largest absolute Gasteiger partial charge is 0.376 e. The predicted molar refractivity (Wildman–Crippen MR) is 118 cm³/mol. The second-order valence-electron chi connectivity index (χ2n) is 9.67. The minimum atomic E-state index is -0.352. The average Bonchev–Trinajstić information content (AvgIpc) is 3.41. The normalized spacial score (nSPS) is 26.2. The van der Waals surface area contributed by atoms with Crippen molar-refractivity contribution in [3.8, 4) is 0 Å². The fourth-order valence-corrected chi connectivity index (χ4v) is 5.62. The lowest BCUT2D eigenvalue weighted by Gasteiger charge is -2.41. The zero-order chi connectivity index (χ0) is 22.1. The van der Waals surface area contributed by atoms with E-state index < -0.39 is 0 Å². The van der Waals surface area contributed by atoms with Crippen LogP contribution in [0.5, 0.6) is 0 Å². The van der Waals surface area contributed by atoms with Gasteiger partial charge in [-0.25, -0.2) is 4.39 Å². The topological polar surface area (TPSA) is 113 Å². The van der Waals surface area contributed by atoms with Gasteiger partial charge in [-0.05, 0) is 50.3 Å². The first-order chi connectivity index (χ1) is 15.4. The number of nitrogens with one attached hydrogen (secondary N) is 2. The number of fused-ring (bicyclic) bond motifs is 1. The highest BCUT2D eigenvalue weighted by molar-refractivity contribution is 5.80. The molecule has 9 heteroatoms. The molecule has 3 aromatic rings. The first kappa shape index (κ1) is 19.9. The molecule has 0 radical (unpaired) electrons. The molecule has 0 unspecified atom stereocenters. The Morgan fingerprint density at radius 3 is 2.53 bits per heavy atom. The summed E-state index contributed by atoms with van der Waals surface area (Å²) in [5.74, 6) is 0.281. The summed E-state index contributed by atoms with van der Waals surface area (Å²) in [6.07, 6.45) is 3.63. The molecule has 1 aromatic carbocycles. The van der Waals surface area contributed by atoms with Crippen LogP contribution in [0.4, 0.5) is 10.3 Å². The number of H-pyrrole nitrogens is 2. The number of hydrogen-bond donors (Lipinski definition) is 3. The Hall–Kier alpha value is -2.78. The van der Waals surface area contributed by atoms with Gasteiger partial charge in [-0.3, -0.25) is 14.9 Å². The highest BCUT2D eigenvalue weighted by atomic mass is 19.1. The minimum Gasteiger partial charge on any atom is -0.376 e. The Morgan fingerprint density at radius 1 is 1.19 bits per heavy atom. The van der Waals surface area contributed by atoms with Gasteiger partial charge in [-0.15, -0.1) is 0 Å². The highest BCUT2D eigenvalue weighted by Gasteiger charge is 2.50. The van der Waals surface area contributed by atoms with Gasteiger partial charge in [0.05, 0.1) is 18.4 Å². The zero-order valence-electron chi connectivity index (χ0n) is 18.0. The lowest BCUT2D eigenvalue weighted by molar-refractivity contribution is 0.0973. The summed E-state index contributed by atoms with van der Waals surface area (Å²) in [5, 5.41) is 7.96. The van der Waals surface area contributed by atoms with Gasteiger partial charge in [0.2, 0.25) is 5.95 Å². The lowest BCUT2D eigenvalue weighted by atomic mass is 9.73. The number of hydrogen-bond acceptors (Lipinski definition) is 6. The number of halogens is 1. The number of nitrogens with zero attached hydrogens (tertiary/aromatic N) is 3. The van der Waals surface area contributed by atoms with Crippen LogP contribution >= 0.6 is 0 Å². The number of aromatic nitrogens is 4. The molecule has 2 saturated heterocycles. The Kier molecular flexibility index (Phi) is 4.26. The third-order valence-corrected chi connectivity index (χ3v) is 7.92. The van der Waals surface area contributed by atoms with Crippen molar-refractivity contribution in [3.63, 3.8) is 0 Å². The summed E-state index contributed by atoms with van der Waals surface area (Å²) in [4.78, 5) is 22.9. The molecule has 32 heavy (non-hydrogen) atoms. The van der Waals surface area contributed by atoms with Gasteiger partial charge in [-0.1, -0.05) is 12.1 Å². The Bertz CT molecular complexity index is 1220. The smallest absolute Gasteiger partial charge is 0.263 e. The molecule has 3 fully saturated rings. The van der Waals surface area contributed by atoms with Crippen molar-refractivity contribution in [2.24, 2.45) is 11.1 Å². The van der Waals surface area contributed by atoms with Crippen LogP contribution < -0.4 is 16.2 Å². The number of benzene rings is 1. The summed E-state index contributed by atoms with van der Waals surface area (Å²) in [7, 11) is 0. The maximum absolute atomic E-state index is 13.4. The number of rotatable bonds is 3. The number of anilines is 1. The van der Waals surface area contributed by atoms with Gasteiger partial charge in [0.1, 0.15) is 11.2 Å². The second-order valence-corrected chi connectivity index (χ2v) is 9.67. The molecule has 2 atom stereocenters. The van der Waals surface area contributed by atoms with E-state index in [0.29, 0.717) is 29.3 Å². The van der Waals surface area contributed by atoms with E-state index in [-0.39, 0.29) is 34.4 Å². The molecule has 0 bridgehead atoms. The van der Waals surface area contributed by atoms with Crippen LogP contribution in [-0.4, -0.2) is 52.0 Å². The molecule has 4 N–H and O–H groups in total. The minimum absolute atomic E-state index is 0.00891. The third kappa shape index (κ3) is 2.84. The van der Waals surface area contributed by atoms with Gasteiger partial charge in [-0.2, -0.15) is 10.1 Å². The van der Waals surface area contributed by atoms with E-state index >= 15 is 0 Å². The Labute approximate surface area is 184 Å². The lowest BCUT2D eigenvalue weighted by Crippen LogP contribution is -2.51. The van der Waals surface area contributed by atoms with Crippen molar-refractivity contribution in [2.75, 3.05) is 24.6 Å². The number of piperidine rings is 1. The molecule has 6 rings (SSSR count). The molecule has 8 nitrogen and oxygen atoms in total. The summed E-state index contributed by atoms with van der Waals surface area (Å²) < 4.78 is 19.2. The van der Waals surface area contributed by atoms with Crippen LogP contribution in [0.15, 0.2) is 29.1 Å². The summed E-state index contributed by atoms with van der Waals surface area (Å²) in [6, 6.07) is 6.50. The Morgan fingerprint density at radius 2 is 1.91 bits per heavy atom. The van der Waals surface area contributed by atoms with Gasteiger partial charge in [0.25, 0.3) is 5.56 Å².